The summed E-state index contributed by atoms with van der Waals surface area (Å²) < 4.78 is 5.56. The Hall–Kier alpha value is -2.47. The first-order valence-corrected chi connectivity index (χ1v) is 8.14. The molecule has 0 aliphatic heterocycles. The Labute approximate surface area is 138 Å². The lowest BCUT2D eigenvalue weighted by Gasteiger charge is -2.16. The van der Waals surface area contributed by atoms with Crippen molar-refractivity contribution in [2.24, 2.45) is 0 Å². The van der Waals surface area contributed by atoms with Gasteiger partial charge in [0.2, 0.25) is 5.91 Å². The van der Waals surface area contributed by atoms with Crippen molar-refractivity contribution in [3.8, 4) is 10.8 Å². The molecule has 3 aromatic heterocycles. The van der Waals surface area contributed by atoms with E-state index in [9.17, 15) is 4.79 Å². The van der Waals surface area contributed by atoms with Gasteiger partial charge < -0.3 is 9.32 Å². The van der Waals surface area contributed by atoms with E-state index in [4.69, 9.17) is 4.42 Å². The lowest BCUT2D eigenvalue weighted by atomic mass is 10.2. The van der Waals surface area contributed by atoms with Gasteiger partial charge in [0.15, 0.2) is 10.8 Å². The molecule has 3 aromatic rings. The van der Waals surface area contributed by atoms with Crippen LogP contribution in [-0.2, 0) is 17.8 Å². The molecule has 0 aromatic carbocycles. The molecule has 3 heterocycles. The quantitative estimate of drug-likeness (QED) is 0.721. The van der Waals surface area contributed by atoms with Gasteiger partial charge in [-0.1, -0.05) is 6.07 Å². The molecule has 0 aliphatic carbocycles. The Morgan fingerprint density at radius 1 is 1.35 bits per heavy atom. The monoisotopic (exact) mass is 327 g/mol. The molecule has 3 rings (SSSR count). The van der Waals surface area contributed by atoms with Gasteiger partial charge in [-0.25, -0.2) is 4.98 Å². The second-order valence-corrected chi connectivity index (χ2v) is 6.20. The summed E-state index contributed by atoms with van der Waals surface area (Å²) in [5, 5.41) is 2.71. The zero-order valence-corrected chi connectivity index (χ0v) is 13.8. The summed E-state index contributed by atoms with van der Waals surface area (Å²) in [6.45, 7) is 2.44. The highest BCUT2D eigenvalue weighted by molar-refractivity contribution is 7.13. The molecular formula is C17H17N3O2S. The number of amides is 1. The number of aromatic nitrogens is 2. The van der Waals surface area contributed by atoms with Crippen LogP contribution >= 0.6 is 11.3 Å². The van der Waals surface area contributed by atoms with Gasteiger partial charge >= 0.3 is 0 Å². The summed E-state index contributed by atoms with van der Waals surface area (Å²) in [6.07, 6.45) is 3.77. The first-order chi connectivity index (χ1) is 11.1. The van der Waals surface area contributed by atoms with Crippen molar-refractivity contribution in [3.63, 3.8) is 0 Å². The first-order valence-electron chi connectivity index (χ1n) is 7.26. The second-order valence-electron chi connectivity index (χ2n) is 5.34. The third kappa shape index (κ3) is 3.84. The van der Waals surface area contributed by atoms with Gasteiger partial charge in [-0.05, 0) is 30.7 Å². The number of likely N-dealkylation sites (N-methyl/N-ethyl adjacent to an activating group) is 1. The van der Waals surface area contributed by atoms with E-state index in [-0.39, 0.29) is 12.3 Å². The van der Waals surface area contributed by atoms with E-state index in [0.29, 0.717) is 6.54 Å². The van der Waals surface area contributed by atoms with Crippen molar-refractivity contribution in [3.05, 3.63) is 59.1 Å². The van der Waals surface area contributed by atoms with E-state index in [1.54, 1.807) is 24.3 Å². The molecule has 0 spiro atoms. The van der Waals surface area contributed by atoms with Gasteiger partial charge in [-0.15, -0.1) is 11.3 Å². The number of furan rings is 1. The van der Waals surface area contributed by atoms with Crippen molar-refractivity contribution in [1.82, 2.24) is 14.9 Å². The minimum atomic E-state index is 0.0290. The molecule has 0 N–H and O–H groups in total. The molecule has 0 atom stereocenters. The lowest BCUT2D eigenvalue weighted by Crippen LogP contribution is -2.27. The van der Waals surface area contributed by atoms with E-state index in [1.165, 1.54) is 11.3 Å². The number of rotatable bonds is 5. The summed E-state index contributed by atoms with van der Waals surface area (Å²) >= 11 is 1.49. The fourth-order valence-electron chi connectivity index (χ4n) is 2.19. The zero-order chi connectivity index (χ0) is 16.2. The molecular weight excluding hydrogens is 310 g/mol. The van der Waals surface area contributed by atoms with E-state index >= 15 is 0 Å². The van der Waals surface area contributed by atoms with Gasteiger partial charge in [0.1, 0.15) is 5.76 Å². The van der Waals surface area contributed by atoms with Crippen LogP contribution in [0.2, 0.25) is 0 Å². The predicted molar refractivity (Wildman–Crippen MR) is 89.0 cm³/mol. The average molecular weight is 327 g/mol. The Morgan fingerprint density at radius 3 is 2.91 bits per heavy atom. The first kappa shape index (κ1) is 15.4. The molecule has 0 saturated carbocycles. The number of carbonyl (C=O) groups excluding carboxylic acids is 1. The smallest absolute Gasteiger partial charge is 0.228 e. The summed E-state index contributed by atoms with van der Waals surface area (Å²) in [5.41, 5.74) is 1.77. The number of pyridine rings is 1. The fourth-order valence-corrected chi connectivity index (χ4v) is 2.97. The molecule has 0 unspecified atom stereocenters. The number of hydrogen-bond donors (Lipinski definition) is 0. The van der Waals surface area contributed by atoms with Crippen LogP contribution in [0.25, 0.3) is 10.8 Å². The number of thiazole rings is 1. The van der Waals surface area contributed by atoms with Gasteiger partial charge in [-0.3, -0.25) is 9.78 Å². The number of aryl methyl sites for hydroxylation is 1. The molecule has 0 radical (unpaired) electrons. The normalized spacial score (nSPS) is 10.7. The largest absolute Gasteiger partial charge is 0.459 e. The second kappa shape index (κ2) is 6.75. The average Bonchev–Trinajstić information content (AvgIpc) is 3.17. The van der Waals surface area contributed by atoms with Crippen LogP contribution in [0.1, 0.15) is 17.0 Å². The minimum absolute atomic E-state index is 0.0290. The minimum Gasteiger partial charge on any atom is -0.459 e. The van der Waals surface area contributed by atoms with E-state index in [2.05, 4.69) is 9.97 Å². The summed E-state index contributed by atoms with van der Waals surface area (Å²) in [6, 6.07) is 7.63. The zero-order valence-electron chi connectivity index (χ0n) is 13.0. The van der Waals surface area contributed by atoms with E-state index in [0.717, 1.165) is 27.8 Å². The summed E-state index contributed by atoms with van der Waals surface area (Å²) in [4.78, 5) is 22.6. The van der Waals surface area contributed by atoms with Crippen LogP contribution in [-0.4, -0.2) is 27.8 Å². The Morgan fingerprint density at radius 2 is 2.22 bits per heavy atom. The third-order valence-corrected chi connectivity index (χ3v) is 4.31. The van der Waals surface area contributed by atoms with Crippen molar-refractivity contribution >= 4 is 17.2 Å². The number of nitrogens with zero attached hydrogens (tertiary/aromatic N) is 3. The molecule has 0 aliphatic rings. The molecule has 0 saturated heterocycles. The topological polar surface area (TPSA) is 59.2 Å². The summed E-state index contributed by atoms with van der Waals surface area (Å²) in [5.74, 6) is 1.63. The van der Waals surface area contributed by atoms with Gasteiger partial charge in [-0.2, -0.15) is 0 Å². The SMILES string of the molecule is Cc1ccc(-c2nc(CC(=O)N(C)Cc3cccnc3)cs2)o1. The maximum absolute atomic E-state index is 12.3. The molecule has 23 heavy (non-hydrogen) atoms. The summed E-state index contributed by atoms with van der Waals surface area (Å²) in [7, 11) is 1.79. The highest BCUT2D eigenvalue weighted by atomic mass is 32.1. The Bertz CT molecular complexity index is 795. The van der Waals surface area contributed by atoms with Crippen LogP contribution in [0.5, 0.6) is 0 Å². The van der Waals surface area contributed by atoms with E-state index < -0.39 is 0 Å². The maximum Gasteiger partial charge on any atom is 0.228 e. The molecule has 0 bridgehead atoms. The molecule has 1 amide bonds. The van der Waals surface area contributed by atoms with Crippen molar-refractivity contribution in [1.29, 1.82) is 0 Å². The van der Waals surface area contributed by atoms with Gasteiger partial charge in [0.25, 0.3) is 0 Å². The molecule has 118 valence electrons. The van der Waals surface area contributed by atoms with Crippen LogP contribution in [0, 0.1) is 6.92 Å². The van der Waals surface area contributed by atoms with Crippen LogP contribution in [0.3, 0.4) is 0 Å². The highest BCUT2D eigenvalue weighted by Gasteiger charge is 2.14. The number of carbonyl (C=O) groups is 1. The number of hydrogen-bond acceptors (Lipinski definition) is 5. The van der Waals surface area contributed by atoms with Crippen molar-refractivity contribution in [2.45, 2.75) is 19.9 Å². The highest BCUT2D eigenvalue weighted by Crippen LogP contribution is 2.25. The maximum atomic E-state index is 12.3. The standard InChI is InChI=1S/C17H17N3O2S/c1-12-5-6-15(22-12)17-19-14(11-23-17)8-16(21)20(2)10-13-4-3-7-18-9-13/h3-7,9,11H,8,10H2,1-2H3. The predicted octanol–water partition coefficient (Wildman–Crippen LogP) is 3.31. The van der Waals surface area contributed by atoms with Crippen molar-refractivity contribution in [2.75, 3.05) is 7.05 Å². The fraction of sp³-hybridized carbons (Fsp3) is 0.235. The van der Waals surface area contributed by atoms with E-state index in [1.807, 2.05) is 36.6 Å². The Kier molecular flexibility index (Phi) is 4.52. The van der Waals surface area contributed by atoms with Gasteiger partial charge in [0, 0.05) is 31.4 Å². The van der Waals surface area contributed by atoms with Crippen LogP contribution in [0.4, 0.5) is 0 Å². The lowest BCUT2D eigenvalue weighted by molar-refractivity contribution is -0.129. The van der Waals surface area contributed by atoms with Crippen molar-refractivity contribution < 1.29 is 9.21 Å². The molecule has 5 nitrogen and oxygen atoms in total. The Balaban J connectivity index is 1.63. The third-order valence-electron chi connectivity index (χ3n) is 3.40. The van der Waals surface area contributed by atoms with Crippen LogP contribution < -0.4 is 0 Å². The molecule has 6 heteroatoms. The molecule has 0 fully saturated rings. The van der Waals surface area contributed by atoms with Crippen LogP contribution in [0.15, 0.2) is 46.5 Å². The van der Waals surface area contributed by atoms with Gasteiger partial charge in [0.05, 0.1) is 12.1 Å².